The highest BCUT2D eigenvalue weighted by molar-refractivity contribution is 9.10. The van der Waals surface area contributed by atoms with Crippen molar-refractivity contribution in [1.82, 2.24) is 0 Å². The lowest BCUT2D eigenvalue weighted by atomic mass is 10.1. The largest absolute Gasteiger partial charge is 0.496 e. The Hall–Kier alpha value is -0.500. The number of rotatable bonds is 4. The van der Waals surface area contributed by atoms with Gasteiger partial charge >= 0.3 is 0 Å². The van der Waals surface area contributed by atoms with Gasteiger partial charge in [-0.1, -0.05) is 35.3 Å². The van der Waals surface area contributed by atoms with Crippen LogP contribution in [-0.2, 0) is 6.42 Å². The lowest BCUT2D eigenvalue weighted by Gasteiger charge is -2.09. The van der Waals surface area contributed by atoms with Gasteiger partial charge in [0.1, 0.15) is 5.75 Å². The molecule has 0 N–H and O–H groups in total. The van der Waals surface area contributed by atoms with Gasteiger partial charge in [-0.15, -0.1) is 0 Å². The number of unbranched alkanes of at least 4 members (excludes halogenated alkanes) is 1. The molecule has 0 saturated heterocycles. The standard InChI is InChI=1S/C11H15BrO/c1-3-4-6-9-10(12)7-5-8-11(9)13-2/h5,7-8H,3-4,6H2,1-2H3. The normalized spacial score (nSPS) is 10.1. The van der Waals surface area contributed by atoms with Crippen LogP contribution >= 0.6 is 15.9 Å². The maximum atomic E-state index is 5.29. The molecule has 1 aromatic rings. The van der Waals surface area contributed by atoms with Gasteiger partial charge in [-0.3, -0.25) is 0 Å². The van der Waals surface area contributed by atoms with Crippen LogP contribution < -0.4 is 4.74 Å². The summed E-state index contributed by atoms with van der Waals surface area (Å²) in [7, 11) is 1.72. The van der Waals surface area contributed by atoms with Crippen molar-refractivity contribution in [2.24, 2.45) is 0 Å². The van der Waals surface area contributed by atoms with E-state index in [2.05, 4.69) is 28.9 Å². The van der Waals surface area contributed by atoms with Crippen LogP contribution in [0.25, 0.3) is 0 Å². The zero-order valence-electron chi connectivity index (χ0n) is 8.14. The van der Waals surface area contributed by atoms with E-state index in [1.807, 2.05) is 12.1 Å². The number of benzene rings is 1. The molecule has 1 rings (SSSR count). The highest BCUT2D eigenvalue weighted by Crippen LogP contribution is 2.27. The van der Waals surface area contributed by atoms with Gasteiger partial charge in [-0.2, -0.15) is 0 Å². The Morgan fingerprint density at radius 2 is 2.15 bits per heavy atom. The second-order valence-electron chi connectivity index (χ2n) is 3.02. The summed E-state index contributed by atoms with van der Waals surface area (Å²) in [6.07, 6.45) is 3.50. The molecule has 0 bridgehead atoms. The number of halogens is 1. The molecule has 0 unspecified atom stereocenters. The first-order valence-corrected chi connectivity index (χ1v) is 5.40. The van der Waals surface area contributed by atoms with Crippen molar-refractivity contribution in [3.05, 3.63) is 28.2 Å². The zero-order chi connectivity index (χ0) is 9.68. The second-order valence-corrected chi connectivity index (χ2v) is 3.88. The first kappa shape index (κ1) is 10.6. The third kappa shape index (κ3) is 2.73. The van der Waals surface area contributed by atoms with Crippen molar-refractivity contribution in [2.75, 3.05) is 7.11 Å². The Labute approximate surface area is 88.2 Å². The van der Waals surface area contributed by atoms with E-state index in [0.29, 0.717) is 0 Å². The topological polar surface area (TPSA) is 9.23 Å². The lowest BCUT2D eigenvalue weighted by molar-refractivity contribution is 0.408. The average molecular weight is 243 g/mol. The molecule has 13 heavy (non-hydrogen) atoms. The number of methoxy groups -OCH3 is 1. The van der Waals surface area contributed by atoms with Gasteiger partial charge in [0.25, 0.3) is 0 Å². The molecule has 0 aliphatic carbocycles. The van der Waals surface area contributed by atoms with Crippen molar-refractivity contribution >= 4 is 15.9 Å². The van der Waals surface area contributed by atoms with E-state index >= 15 is 0 Å². The van der Waals surface area contributed by atoms with Crippen LogP contribution in [0.5, 0.6) is 5.75 Å². The van der Waals surface area contributed by atoms with E-state index in [9.17, 15) is 0 Å². The van der Waals surface area contributed by atoms with E-state index in [0.717, 1.165) is 16.6 Å². The van der Waals surface area contributed by atoms with Gasteiger partial charge in [0, 0.05) is 10.0 Å². The highest BCUT2D eigenvalue weighted by Gasteiger charge is 2.05. The molecule has 0 saturated carbocycles. The Bertz CT molecular complexity index is 271. The number of hydrogen-bond donors (Lipinski definition) is 0. The van der Waals surface area contributed by atoms with Crippen molar-refractivity contribution in [2.45, 2.75) is 26.2 Å². The maximum Gasteiger partial charge on any atom is 0.123 e. The van der Waals surface area contributed by atoms with Gasteiger partial charge in [-0.25, -0.2) is 0 Å². The second kappa shape index (κ2) is 5.28. The minimum absolute atomic E-state index is 0.989. The molecule has 0 aliphatic rings. The molecule has 0 heterocycles. The molecular formula is C11H15BrO. The van der Waals surface area contributed by atoms with Crippen LogP contribution in [0.1, 0.15) is 25.3 Å². The van der Waals surface area contributed by atoms with E-state index in [4.69, 9.17) is 4.74 Å². The van der Waals surface area contributed by atoms with Gasteiger partial charge in [0.05, 0.1) is 7.11 Å². The molecular weight excluding hydrogens is 228 g/mol. The van der Waals surface area contributed by atoms with Gasteiger partial charge in [0.15, 0.2) is 0 Å². The van der Waals surface area contributed by atoms with Crippen molar-refractivity contribution in [3.8, 4) is 5.75 Å². The molecule has 1 nitrogen and oxygen atoms in total. The summed E-state index contributed by atoms with van der Waals surface area (Å²) in [5.41, 5.74) is 1.28. The van der Waals surface area contributed by atoms with Crippen LogP contribution in [-0.4, -0.2) is 7.11 Å². The fourth-order valence-electron chi connectivity index (χ4n) is 1.33. The monoisotopic (exact) mass is 242 g/mol. The third-order valence-electron chi connectivity index (χ3n) is 2.08. The first-order valence-electron chi connectivity index (χ1n) is 4.61. The predicted octanol–water partition coefficient (Wildman–Crippen LogP) is 3.80. The van der Waals surface area contributed by atoms with Crippen LogP contribution in [0.4, 0.5) is 0 Å². The molecule has 0 aliphatic heterocycles. The SMILES string of the molecule is CCCCc1c(Br)cccc1OC. The molecule has 0 radical (unpaired) electrons. The first-order chi connectivity index (χ1) is 6.29. The lowest BCUT2D eigenvalue weighted by Crippen LogP contribution is -1.93. The number of hydrogen-bond acceptors (Lipinski definition) is 1. The summed E-state index contributed by atoms with van der Waals surface area (Å²) in [6.45, 7) is 2.20. The molecule has 1 aromatic carbocycles. The Morgan fingerprint density at radius 1 is 1.38 bits per heavy atom. The zero-order valence-corrected chi connectivity index (χ0v) is 9.73. The molecule has 0 fully saturated rings. The van der Waals surface area contributed by atoms with E-state index in [1.165, 1.54) is 18.4 Å². The van der Waals surface area contributed by atoms with E-state index in [-0.39, 0.29) is 0 Å². The van der Waals surface area contributed by atoms with E-state index < -0.39 is 0 Å². The van der Waals surface area contributed by atoms with Gasteiger partial charge < -0.3 is 4.74 Å². The molecule has 0 amide bonds. The quantitative estimate of drug-likeness (QED) is 0.781. The smallest absolute Gasteiger partial charge is 0.123 e. The summed E-state index contributed by atoms with van der Waals surface area (Å²) in [6, 6.07) is 6.07. The molecule has 0 spiro atoms. The van der Waals surface area contributed by atoms with E-state index in [1.54, 1.807) is 7.11 Å². The highest BCUT2D eigenvalue weighted by atomic mass is 79.9. The number of ether oxygens (including phenoxy) is 1. The Kier molecular flexibility index (Phi) is 4.29. The fraction of sp³-hybridized carbons (Fsp3) is 0.455. The van der Waals surface area contributed by atoms with Crippen molar-refractivity contribution in [1.29, 1.82) is 0 Å². The van der Waals surface area contributed by atoms with Crippen LogP contribution in [0.15, 0.2) is 22.7 Å². The van der Waals surface area contributed by atoms with Crippen LogP contribution in [0, 0.1) is 0 Å². The summed E-state index contributed by atoms with van der Waals surface area (Å²) >= 11 is 3.54. The van der Waals surface area contributed by atoms with Crippen LogP contribution in [0.3, 0.4) is 0 Å². The molecule has 0 atom stereocenters. The molecule has 0 aromatic heterocycles. The van der Waals surface area contributed by atoms with Crippen LogP contribution in [0.2, 0.25) is 0 Å². The minimum atomic E-state index is 0.989. The predicted molar refractivity (Wildman–Crippen MR) is 59.3 cm³/mol. The van der Waals surface area contributed by atoms with Gasteiger partial charge in [-0.05, 0) is 25.0 Å². The fourth-order valence-corrected chi connectivity index (χ4v) is 1.87. The summed E-state index contributed by atoms with van der Waals surface area (Å²) in [5.74, 6) is 0.989. The Morgan fingerprint density at radius 3 is 2.77 bits per heavy atom. The molecule has 72 valence electrons. The summed E-state index contributed by atoms with van der Waals surface area (Å²) in [5, 5.41) is 0. The summed E-state index contributed by atoms with van der Waals surface area (Å²) in [4.78, 5) is 0. The van der Waals surface area contributed by atoms with Crippen molar-refractivity contribution < 1.29 is 4.74 Å². The Balaban J connectivity index is 2.87. The van der Waals surface area contributed by atoms with Gasteiger partial charge in [0.2, 0.25) is 0 Å². The third-order valence-corrected chi connectivity index (χ3v) is 2.82. The maximum absolute atomic E-state index is 5.29. The average Bonchev–Trinajstić information content (AvgIpc) is 2.15. The summed E-state index contributed by atoms with van der Waals surface area (Å²) < 4.78 is 6.45. The minimum Gasteiger partial charge on any atom is -0.496 e. The molecule has 2 heteroatoms. The van der Waals surface area contributed by atoms with Crippen molar-refractivity contribution in [3.63, 3.8) is 0 Å².